The summed E-state index contributed by atoms with van der Waals surface area (Å²) in [5, 5.41) is 3.79. The Morgan fingerprint density at radius 3 is 2.67 bits per heavy atom. The Labute approximate surface area is 90.2 Å². The Hall–Kier alpha value is -0.880. The lowest BCUT2D eigenvalue weighted by atomic mass is 10.4. The van der Waals surface area contributed by atoms with Crippen molar-refractivity contribution in [2.45, 2.75) is 32.2 Å². The maximum absolute atomic E-state index is 11.5. The first kappa shape index (κ1) is 12.2. The lowest BCUT2D eigenvalue weighted by Crippen LogP contribution is -2.21. The van der Waals surface area contributed by atoms with Crippen LogP contribution in [0.2, 0.25) is 0 Å². The molecule has 0 fully saturated rings. The molecule has 2 N–H and O–H groups in total. The number of aromatic nitrogens is 2. The van der Waals surface area contributed by atoms with Gasteiger partial charge >= 0.3 is 0 Å². The molecule has 1 aromatic heterocycles. The van der Waals surface area contributed by atoms with E-state index in [9.17, 15) is 8.42 Å². The number of hydrogen-bond acceptors (Lipinski definition) is 4. The van der Waals surface area contributed by atoms with Gasteiger partial charge in [-0.2, -0.15) is 5.10 Å². The largest absolute Gasteiger partial charge is 0.325 e. The van der Waals surface area contributed by atoms with Gasteiger partial charge in [-0.3, -0.25) is 4.68 Å². The zero-order valence-electron chi connectivity index (χ0n) is 9.05. The molecule has 0 atom stereocenters. The van der Waals surface area contributed by atoms with Crippen LogP contribution in [-0.2, 0) is 22.9 Å². The minimum atomic E-state index is -2.99. The van der Waals surface area contributed by atoms with Crippen LogP contribution in [0.1, 0.15) is 19.5 Å². The molecule has 6 heteroatoms. The molecule has 0 unspecified atom stereocenters. The number of nitrogens with two attached hydrogens (primary N) is 1. The van der Waals surface area contributed by atoms with Crippen LogP contribution in [-0.4, -0.2) is 29.2 Å². The molecule has 0 bridgehead atoms. The second kappa shape index (κ2) is 4.76. The van der Waals surface area contributed by atoms with Crippen LogP contribution in [0.25, 0.3) is 0 Å². The molecule has 1 aromatic rings. The Morgan fingerprint density at radius 1 is 1.53 bits per heavy atom. The highest BCUT2D eigenvalue weighted by Crippen LogP contribution is 2.02. The van der Waals surface area contributed by atoms with Crippen molar-refractivity contribution < 1.29 is 8.42 Å². The lowest BCUT2D eigenvalue weighted by Gasteiger charge is -2.07. The fourth-order valence-corrected chi connectivity index (χ4v) is 2.01. The molecule has 0 aliphatic rings. The van der Waals surface area contributed by atoms with E-state index in [2.05, 4.69) is 5.10 Å². The molecule has 0 spiro atoms. The van der Waals surface area contributed by atoms with E-state index >= 15 is 0 Å². The van der Waals surface area contributed by atoms with E-state index in [0.29, 0.717) is 13.1 Å². The van der Waals surface area contributed by atoms with Crippen LogP contribution < -0.4 is 5.73 Å². The molecule has 0 aromatic carbocycles. The van der Waals surface area contributed by atoms with E-state index < -0.39 is 9.84 Å². The Morgan fingerprint density at radius 2 is 2.20 bits per heavy atom. The summed E-state index contributed by atoms with van der Waals surface area (Å²) in [6, 6.07) is 1.79. The molecule has 0 radical (unpaired) electrons. The van der Waals surface area contributed by atoms with E-state index in [-0.39, 0.29) is 11.0 Å². The van der Waals surface area contributed by atoms with E-state index in [1.54, 1.807) is 30.8 Å². The SMILES string of the molecule is CC(C)S(=O)(=O)CCn1ccc(CN)n1. The Bertz CT molecular complexity index is 409. The normalized spacial score (nSPS) is 12.3. The van der Waals surface area contributed by atoms with E-state index in [0.717, 1.165) is 5.69 Å². The van der Waals surface area contributed by atoms with Crippen molar-refractivity contribution >= 4 is 9.84 Å². The molecule has 0 saturated carbocycles. The van der Waals surface area contributed by atoms with Gasteiger partial charge in [-0.25, -0.2) is 8.42 Å². The van der Waals surface area contributed by atoms with Gasteiger partial charge in [0.25, 0.3) is 0 Å². The van der Waals surface area contributed by atoms with Crippen LogP contribution in [0.3, 0.4) is 0 Å². The summed E-state index contributed by atoms with van der Waals surface area (Å²) < 4.78 is 24.6. The monoisotopic (exact) mass is 231 g/mol. The number of nitrogens with zero attached hydrogens (tertiary/aromatic N) is 2. The van der Waals surface area contributed by atoms with Crippen LogP contribution in [0.5, 0.6) is 0 Å². The van der Waals surface area contributed by atoms with Gasteiger partial charge < -0.3 is 5.73 Å². The quantitative estimate of drug-likeness (QED) is 0.783. The third kappa shape index (κ3) is 3.32. The van der Waals surface area contributed by atoms with Crippen LogP contribution in [0.15, 0.2) is 12.3 Å². The highest BCUT2D eigenvalue weighted by atomic mass is 32.2. The molecule has 0 aliphatic heterocycles. The summed E-state index contributed by atoms with van der Waals surface area (Å²) in [5.41, 5.74) is 6.17. The van der Waals surface area contributed by atoms with Crippen molar-refractivity contribution in [3.8, 4) is 0 Å². The highest BCUT2D eigenvalue weighted by Gasteiger charge is 2.15. The number of sulfone groups is 1. The summed E-state index contributed by atoms with van der Waals surface area (Å²) >= 11 is 0. The summed E-state index contributed by atoms with van der Waals surface area (Å²) in [6.07, 6.45) is 1.75. The average molecular weight is 231 g/mol. The fourth-order valence-electron chi connectivity index (χ4n) is 1.09. The van der Waals surface area contributed by atoms with Crippen LogP contribution >= 0.6 is 0 Å². The molecule has 86 valence electrons. The molecular weight excluding hydrogens is 214 g/mol. The van der Waals surface area contributed by atoms with Crippen molar-refractivity contribution in [3.05, 3.63) is 18.0 Å². The van der Waals surface area contributed by atoms with Crippen LogP contribution in [0.4, 0.5) is 0 Å². The molecular formula is C9H17N3O2S. The molecule has 0 amide bonds. The van der Waals surface area contributed by atoms with Gasteiger partial charge in [0.1, 0.15) is 0 Å². The van der Waals surface area contributed by atoms with E-state index in [4.69, 9.17) is 5.73 Å². The third-order valence-electron chi connectivity index (χ3n) is 2.23. The predicted molar refractivity (Wildman–Crippen MR) is 59.0 cm³/mol. The van der Waals surface area contributed by atoms with E-state index in [1.807, 2.05) is 0 Å². The highest BCUT2D eigenvalue weighted by molar-refractivity contribution is 7.91. The van der Waals surface area contributed by atoms with Gasteiger partial charge in [0.05, 0.1) is 23.2 Å². The first-order valence-corrected chi connectivity index (χ1v) is 6.61. The van der Waals surface area contributed by atoms with Gasteiger partial charge in [0.15, 0.2) is 9.84 Å². The molecule has 0 aliphatic carbocycles. The summed E-state index contributed by atoms with van der Waals surface area (Å²) in [5.74, 6) is 0.121. The maximum atomic E-state index is 11.5. The summed E-state index contributed by atoms with van der Waals surface area (Å²) in [6.45, 7) is 4.14. The van der Waals surface area contributed by atoms with Crippen molar-refractivity contribution in [1.29, 1.82) is 0 Å². The van der Waals surface area contributed by atoms with E-state index in [1.165, 1.54) is 0 Å². The van der Waals surface area contributed by atoms with Gasteiger partial charge in [0.2, 0.25) is 0 Å². The topological polar surface area (TPSA) is 78.0 Å². The Kier molecular flexibility index (Phi) is 3.87. The van der Waals surface area contributed by atoms with Crippen molar-refractivity contribution in [3.63, 3.8) is 0 Å². The first-order chi connectivity index (χ1) is 6.95. The van der Waals surface area contributed by atoms with Gasteiger partial charge in [-0.05, 0) is 19.9 Å². The van der Waals surface area contributed by atoms with Crippen LogP contribution in [0, 0.1) is 0 Å². The number of hydrogen-bond donors (Lipinski definition) is 1. The zero-order chi connectivity index (χ0) is 11.5. The second-order valence-electron chi connectivity index (χ2n) is 3.69. The molecule has 0 saturated heterocycles. The summed E-state index contributed by atoms with van der Waals surface area (Å²) in [7, 11) is -2.99. The summed E-state index contributed by atoms with van der Waals surface area (Å²) in [4.78, 5) is 0. The Balaban J connectivity index is 2.58. The van der Waals surface area contributed by atoms with Gasteiger partial charge in [-0.15, -0.1) is 0 Å². The van der Waals surface area contributed by atoms with Crippen molar-refractivity contribution in [1.82, 2.24) is 9.78 Å². The number of rotatable bonds is 5. The zero-order valence-corrected chi connectivity index (χ0v) is 9.87. The fraction of sp³-hybridized carbons (Fsp3) is 0.667. The second-order valence-corrected chi connectivity index (χ2v) is 6.37. The average Bonchev–Trinajstić information content (AvgIpc) is 2.62. The molecule has 5 nitrogen and oxygen atoms in total. The molecule has 1 rings (SSSR count). The van der Waals surface area contributed by atoms with Gasteiger partial charge in [-0.1, -0.05) is 0 Å². The van der Waals surface area contributed by atoms with Gasteiger partial charge in [0, 0.05) is 12.7 Å². The molecule has 1 heterocycles. The van der Waals surface area contributed by atoms with Crippen molar-refractivity contribution in [2.24, 2.45) is 5.73 Å². The minimum absolute atomic E-state index is 0.121. The van der Waals surface area contributed by atoms with Crippen molar-refractivity contribution in [2.75, 3.05) is 5.75 Å². The predicted octanol–water partition coefficient (Wildman–Crippen LogP) is 0.165. The third-order valence-corrected chi connectivity index (χ3v) is 4.42. The standard InChI is InChI=1S/C9H17N3O2S/c1-8(2)15(13,14)6-5-12-4-3-9(7-10)11-12/h3-4,8H,5-7,10H2,1-2H3. The molecule has 15 heavy (non-hydrogen) atoms. The number of aryl methyl sites for hydroxylation is 1. The lowest BCUT2D eigenvalue weighted by molar-refractivity contribution is 0.571. The maximum Gasteiger partial charge on any atom is 0.154 e. The first-order valence-electron chi connectivity index (χ1n) is 4.89. The minimum Gasteiger partial charge on any atom is -0.325 e. The smallest absolute Gasteiger partial charge is 0.154 e.